The quantitative estimate of drug-likeness (QED) is 0.516. The molecular formula is C14H16F3NO5S. The fourth-order valence-corrected chi connectivity index (χ4v) is 2.22. The molecule has 1 aromatic rings. The van der Waals surface area contributed by atoms with E-state index < -0.39 is 30.9 Å². The van der Waals surface area contributed by atoms with Crippen LogP contribution in [0.1, 0.15) is 5.56 Å². The molecule has 6 nitrogen and oxygen atoms in total. The third-order valence-electron chi connectivity index (χ3n) is 2.52. The van der Waals surface area contributed by atoms with Crippen LogP contribution in [0.25, 0.3) is 0 Å². The standard InChI is InChI=1S/C14H16F3NO5S/c15-14(16,17)8-22-9-24-7-11(12(19)20)18-13(21)23-6-10-4-2-1-3-5-10/h1-5,11H,6-9H2,(H,18,21)(H,19,20). The monoisotopic (exact) mass is 367 g/mol. The second kappa shape index (κ2) is 10.0. The van der Waals surface area contributed by atoms with Crippen molar-refractivity contribution in [2.75, 3.05) is 18.3 Å². The fraction of sp³-hybridized carbons (Fsp3) is 0.429. The second-order valence-electron chi connectivity index (χ2n) is 4.55. The van der Waals surface area contributed by atoms with E-state index in [-0.39, 0.29) is 18.3 Å². The van der Waals surface area contributed by atoms with Gasteiger partial charge in [0.05, 0.1) is 5.94 Å². The lowest BCUT2D eigenvalue weighted by molar-refractivity contribution is -0.168. The number of carboxylic acids is 1. The normalized spacial score (nSPS) is 12.5. The molecule has 0 fully saturated rings. The maximum absolute atomic E-state index is 11.9. The molecule has 0 radical (unpaired) electrons. The Labute approximate surface area is 140 Å². The van der Waals surface area contributed by atoms with Gasteiger partial charge in [0.25, 0.3) is 0 Å². The maximum atomic E-state index is 11.9. The zero-order valence-corrected chi connectivity index (χ0v) is 13.2. The number of halogens is 3. The van der Waals surface area contributed by atoms with Crippen LogP contribution in [0.4, 0.5) is 18.0 Å². The Morgan fingerprint density at radius 3 is 2.50 bits per heavy atom. The summed E-state index contributed by atoms with van der Waals surface area (Å²) in [5.74, 6) is -1.83. The summed E-state index contributed by atoms with van der Waals surface area (Å²) in [6.45, 7) is -1.44. The number of carboxylic acid groups (broad SMARTS) is 1. The minimum Gasteiger partial charge on any atom is -0.480 e. The first kappa shape index (κ1) is 20.1. The molecule has 0 heterocycles. The Morgan fingerprint density at radius 1 is 1.25 bits per heavy atom. The van der Waals surface area contributed by atoms with Gasteiger partial charge in [0, 0.05) is 5.75 Å². The van der Waals surface area contributed by atoms with Crippen LogP contribution < -0.4 is 5.32 Å². The molecule has 0 aliphatic carbocycles. The van der Waals surface area contributed by atoms with Gasteiger partial charge >= 0.3 is 18.2 Å². The Hall–Kier alpha value is -1.94. The summed E-state index contributed by atoms with van der Waals surface area (Å²) in [4.78, 5) is 22.6. The van der Waals surface area contributed by atoms with Gasteiger partial charge in [-0.25, -0.2) is 9.59 Å². The summed E-state index contributed by atoms with van der Waals surface area (Å²) in [5, 5.41) is 11.1. The minimum atomic E-state index is -4.44. The van der Waals surface area contributed by atoms with Crippen LogP contribution in [0, 0.1) is 0 Å². The van der Waals surface area contributed by atoms with E-state index >= 15 is 0 Å². The lowest BCUT2D eigenvalue weighted by atomic mass is 10.2. The highest BCUT2D eigenvalue weighted by atomic mass is 32.2. The number of thioether (sulfide) groups is 1. The van der Waals surface area contributed by atoms with Gasteiger partial charge in [0.1, 0.15) is 19.3 Å². The van der Waals surface area contributed by atoms with Crippen molar-refractivity contribution >= 4 is 23.8 Å². The molecule has 1 rings (SSSR count). The van der Waals surface area contributed by atoms with Crippen molar-refractivity contribution in [1.82, 2.24) is 5.32 Å². The highest BCUT2D eigenvalue weighted by Crippen LogP contribution is 2.15. The van der Waals surface area contributed by atoms with E-state index in [2.05, 4.69) is 10.1 Å². The summed E-state index contributed by atoms with van der Waals surface area (Å²) in [6, 6.07) is 7.48. The SMILES string of the molecule is O=C(NC(CSCOCC(F)(F)F)C(=O)O)OCc1ccccc1. The average Bonchev–Trinajstić information content (AvgIpc) is 2.51. The van der Waals surface area contributed by atoms with E-state index in [0.29, 0.717) is 0 Å². The van der Waals surface area contributed by atoms with Gasteiger partial charge in [-0.2, -0.15) is 13.2 Å². The number of benzene rings is 1. The molecule has 1 aromatic carbocycles. The lowest BCUT2D eigenvalue weighted by Gasteiger charge is -2.14. The molecule has 1 amide bonds. The van der Waals surface area contributed by atoms with Crippen molar-refractivity contribution < 1.29 is 37.3 Å². The average molecular weight is 367 g/mol. The van der Waals surface area contributed by atoms with E-state index in [1.807, 2.05) is 0 Å². The topological polar surface area (TPSA) is 84.9 Å². The maximum Gasteiger partial charge on any atom is 0.411 e. The number of amides is 1. The first-order valence-electron chi connectivity index (χ1n) is 6.70. The molecule has 2 N–H and O–H groups in total. The van der Waals surface area contributed by atoms with Crippen LogP contribution in [0.2, 0.25) is 0 Å². The van der Waals surface area contributed by atoms with Crippen molar-refractivity contribution in [2.45, 2.75) is 18.8 Å². The van der Waals surface area contributed by atoms with Crippen molar-refractivity contribution in [2.24, 2.45) is 0 Å². The summed E-state index contributed by atoms with van der Waals surface area (Å²) in [7, 11) is 0. The Morgan fingerprint density at radius 2 is 1.92 bits per heavy atom. The Kier molecular flexibility index (Phi) is 8.41. The van der Waals surface area contributed by atoms with Crippen molar-refractivity contribution in [1.29, 1.82) is 0 Å². The number of carbonyl (C=O) groups is 2. The van der Waals surface area contributed by atoms with Crippen LogP contribution in [0.3, 0.4) is 0 Å². The number of hydrogen-bond donors (Lipinski definition) is 2. The zero-order chi connectivity index (χ0) is 18.0. The zero-order valence-electron chi connectivity index (χ0n) is 12.4. The van der Waals surface area contributed by atoms with Crippen molar-refractivity contribution in [3.8, 4) is 0 Å². The number of alkyl carbamates (subject to hydrolysis) is 1. The summed E-state index contributed by atoms with van der Waals surface area (Å²) in [5.41, 5.74) is 0.731. The smallest absolute Gasteiger partial charge is 0.411 e. The van der Waals surface area contributed by atoms with E-state index in [4.69, 9.17) is 9.84 Å². The molecule has 1 atom stereocenters. The predicted molar refractivity (Wildman–Crippen MR) is 80.5 cm³/mol. The number of rotatable bonds is 9. The number of ether oxygens (including phenoxy) is 2. The number of hydrogen-bond acceptors (Lipinski definition) is 5. The minimum absolute atomic E-state index is 0.0269. The number of nitrogens with one attached hydrogen (secondary N) is 1. The van der Waals surface area contributed by atoms with E-state index in [1.54, 1.807) is 30.3 Å². The van der Waals surface area contributed by atoms with Crippen LogP contribution in [-0.2, 0) is 20.9 Å². The van der Waals surface area contributed by atoms with Crippen LogP contribution in [0.5, 0.6) is 0 Å². The predicted octanol–water partition coefficient (Wildman–Crippen LogP) is 2.64. The number of alkyl halides is 3. The molecule has 0 saturated heterocycles. The number of aliphatic carboxylic acids is 1. The van der Waals surface area contributed by atoms with Gasteiger partial charge in [-0.3, -0.25) is 0 Å². The van der Waals surface area contributed by atoms with Crippen molar-refractivity contribution in [3.63, 3.8) is 0 Å². The molecule has 0 aromatic heterocycles. The summed E-state index contributed by atoms with van der Waals surface area (Å²) in [6.07, 6.45) is -5.37. The molecule has 24 heavy (non-hydrogen) atoms. The molecule has 0 bridgehead atoms. The van der Waals surface area contributed by atoms with E-state index in [9.17, 15) is 22.8 Å². The Bertz CT molecular complexity index is 527. The van der Waals surface area contributed by atoms with Gasteiger partial charge in [-0.05, 0) is 5.56 Å². The lowest BCUT2D eigenvalue weighted by Crippen LogP contribution is -2.42. The highest BCUT2D eigenvalue weighted by molar-refractivity contribution is 7.99. The molecule has 10 heteroatoms. The third-order valence-corrected chi connectivity index (χ3v) is 3.42. The van der Waals surface area contributed by atoms with E-state index in [0.717, 1.165) is 17.3 Å². The van der Waals surface area contributed by atoms with Crippen molar-refractivity contribution in [3.05, 3.63) is 35.9 Å². The molecular weight excluding hydrogens is 351 g/mol. The summed E-state index contributed by atoms with van der Waals surface area (Å²) >= 11 is 0.813. The van der Waals surface area contributed by atoms with Crippen LogP contribution in [0.15, 0.2) is 30.3 Å². The van der Waals surface area contributed by atoms with Gasteiger partial charge in [-0.1, -0.05) is 30.3 Å². The van der Waals surface area contributed by atoms with Crippen LogP contribution in [-0.4, -0.2) is 47.7 Å². The first-order chi connectivity index (χ1) is 11.3. The van der Waals surface area contributed by atoms with Gasteiger partial charge in [-0.15, -0.1) is 11.8 Å². The number of carbonyl (C=O) groups excluding carboxylic acids is 1. The van der Waals surface area contributed by atoms with Gasteiger partial charge < -0.3 is 19.9 Å². The van der Waals surface area contributed by atoms with Gasteiger partial charge in [0.2, 0.25) is 0 Å². The van der Waals surface area contributed by atoms with E-state index in [1.165, 1.54) is 0 Å². The first-order valence-corrected chi connectivity index (χ1v) is 7.85. The molecule has 134 valence electrons. The highest BCUT2D eigenvalue weighted by Gasteiger charge is 2.27. The van der Waals surface area contributed by atoms with Gasteiger partial charge in [0.15, 0.2) is 0 Å². The second-order valence-corrected chi connectivity index (χ2v) is 5.53. The fourth-order valence-electron chi connectivity index (χ4n) is 1.46. The molecule has 0 saturated carbocycles. The molecule has 0 spiro atoms. The molecule has 0 aliphatic heterocycles. The third kappa shape index (κ3) is 9.26. The Balaban J connectivity index is 2.29. The van der Waals surface area contributed by atoms with Crippen LogP contribution >= 0.6 is 11.8 Å². The molecule has 1 unspecified atom stereocenters. The summed E-state index contributed by atoms with van der Waals surface area (Å²) < 4.78 is 44.8. The largest absolute Gasteiger partial charge is 0.480 e. The molecule has 0 aliphatic rings.